The first kappa shape index (κ1) is 14.6. The Balaban J connectivity index is 0. The Hall–Kier alpha value is -0.380. The fourth-order valence-electron chi connectivity index (χ4n) is 0.795. The topological polar surface area (TPSA) is 47.9 Å². The maximum absolute atomic E-state index is 12.6. The second-order valence-corrected chi connectivity index (χ2v) is 3.13. The molecule has 0 spiro atoms. The van der Waals surface area contributed by atoms with Crippen molar-refractivity contribution < 1.29 is 35.4 Å². The molecule has 0 amide bonds. The quantitative estimate of drug-likeness (QED) is 0.303. The summed E-state index contributed by atoms with van der Waals surface area (Å²) in [7, 11) is 0. The minimum Gasteiger partial charge on any atom is -1.00 e. The van der Waals surface area contributed by atoms with E-state index in [9.17, 15) is 4.39 Å². The largest absolute Gasteiger partial charge is 1.00 e. The fourth-order valence-corrected chi connectivity index (χ4v) is 1.17. The Morgan fingerprint density at radius 3 is 2.80 bits per heavy atom. The van der Waals surface area contributed by atoms with E-state index in [1.165, 1.54) is 12.1 Å². The average Bonchev–Trinajstić information content (AvgIpc) is 2.10. The van der Waals surface area contributed by atoms with Gasteiger partial charge in [-0.25, -0.2) is 4.39 Å². The van der Waals surface area contributed by atoms with Crippen LogP contribution in [0.25, 0.3) is 0 Å². The molecule has 15 heavy (non-hydrogen) atoms. The summed E-state index contributed by atoms with van der Waals surface area (Å²) >= 11 is 10.4. The van der Waals surface area contributed by atoms with Gasteiger partial charge < -0.3 is 6.74 Å². The van der Waals surface area contributed by atoms with Crippen LogP contribution in [0.5, 0.6) is 0 Å². The zero-order valence-electron chi connectivity index (χ0n) is 8.84. The van der Waals surface area contributed by atoms with Crippen molar-refractivity contribution in [2.45, 2.75) is 0 Å². The number of nitrogens with zero attached hydrogens (tertiary/aromatic N) is 1. The van der Waals surface area contributed by atoms with Crippen LogP contribution in [0, 0.1) is 17.3 Å². The number of nitrogens with one attached hydrogen (secondary N) is 2. The minimum absolute atomic E-state index is 0. The monoisotopic (exact) mass is 253 g/mol. The zero-order chi connectivity index (χ0) is 10.6. The molecule has 0 aliphatic carbocycles. The second kappa shape index (κ2) is 6.99. The Morgan fingerprint density at radius 1 is 1.60 bits per heavy atom. The standard InChI is InChI=1S/C8H5ClFN3S.Na.H/c9-6-3-5(10)1-2-7(6)13-8(14)12-4-11;;/h1-3H,(H2,12,13,14);;/q;+1;-1. The molecule has 1 aromatic carbocycles. The van der Waals surface area contributed by atoms with Crippen molar-refractivity contribution in [2.75, 3.05) is 5.32 Å². The first-order valence-electron chi connectivity index (χ1n) is 3.54. The molecular weight excluding hydrogens is 248 g/mol. The van der Waals surface area contributed by atoms with Crippen LogP contribution < -0.4 is 40.2 Å². The summed E-state index contributed by atoms with van der Waals surface area (Å²) in [5, 5.41) is 13.4. The SMILES string of the molecule is N#CNC(=S)Nc1ccc(F)cc1Cl.[H-].[Na+]. The van der Waals surface area contributed by atoms with E-state index < -0.39 is 5.82 Å². The van der Waals surface area contributed by atoms with Crippen LogP contribution in [-0.4, -0.2) is 5.11 Å². The predicted molar refractivity (Wildman–Crippen MR) is 57.5 cm³/mol. The van der Waals surface area contributed by atoms with Gasteiger partial charge in [-0.1, -0.05) is 11.6 Å². The molecule has 1 aromatic rings. The summed E-state index contributed by atoms with van der Waals surface area (Å²) < 4.78 is 12.6. The van der Waals surface area contributed by atoms with Crippen LogP contribution >= 0.6 is 23.8 Å². The number of hydrogen-bond acceptors (Lipinski definition) is 2. The molecule has 0 bridgehead atoms. The summed E-state index contributed by atoms with van der Waals surface area (Å²) in [5.74, 6) is -0.431. The molecule has 0 aliphatic heterocycles. The van der Waals surface area contributed by atoms with Gasteiger partial charge in [-0.05, 0) is 30.4 Å². The van der Waals surface area contributed by atoms with E-state index in [4.69, 9.17) is 29.1 Å². The maximum Gasteiger partial charge on any atom is 1.00 e. The second-order valence-electron chi connectivity index (χ2n) is 2.32. The van der Waals surface area contributed by atoms with Crippen molar-refractivity contribution in [1.82, 2.24) is 5.32 Å². The molecular formula is C8H6ClFN3NaS. The van der Waals surface area contributed by atoms with Crippen molar-refractivity contribution in [2.24, 2.45) is 0 Å². The molecule has 0 unspecified atom stereocenters. The van der Waals surface area contributed by atoms with Crippen LogP contribution in [0.2, 0.25) is 5.02 Å². The van der Waals surface area contributed by atoms with E-state index in [0.717, 1.165) is 6.07 Å². The molecule has 74 valence electrons. The molecule has 0 saturated heterocycles. The summed E-state index contributed by atoms with van der Waals surface area (Å²) in [4.78, 5) is 0. The van der Waals surface area contributed by atoms with Crippen molar-refractivity contribution in [3.05, 3.63) is 29.0 Å². The fraction of sp³-hybridized carbons (Fsp3) is 0. The Kier molecular flexibility index (Phi) is 6.81. The number of benzene rings is 1. The van der Waals surface area contributed by atoms with Gasteiger partial charge in [0.2, 0.25) is 0 Å². The molecule has 1 rings (SSSR count). The molecule has 0 aliphatic rings. The predicted octanol–water partition coefficient (Wildman–Crippen LogP) is -0.637. The van der Waals surface area contributed by atoms with Crippen LogP contribution in [0.1, 0.15) is 1.43 Å². The summed E-state index contributed by atoms with van der Waals surface area (Å²) in [5.41, 5.74) is 0.445. The van der Waals surface area contributed by atoms with Gasteiger partial charge >= 0.3 is 29.6 Å². The van der Waals surface area contributed by atoms with Crippen LogP contribution in [0.15, 0.2) is 18.2 Å². The maximum atomic E-state index is 12.6. The van der Waals surface area contributed by atoms with Gasteiger partial charge in [0.25, 0.3) is 0 Å². The number of hydrogen-bond donors (Lipinski definition) is 2. The van der Waals surface area contributed by atoms with E-state index in [2.05, 4.69) is 10.6 Å². The van der Waals surface area contributed by atoms with Crippen molar-refractivity contribution in [3.63, 3.8) is 0 Å². The zero-order valence-corrected chi connectivity index (χ0v) is 11.4. The van der Waals surface area contributed by atoms with E-state index in [1.807, 2.05) is 0 Å². The van der Waals surface area contributed by atoms with Crippen molar-refractivity contribution in [3.8, 4) is 6.19 Å². The van der Waals surface area contributed by atoms with Gasteiger partial charge in [-0.2, -0.15) is 5.26 Å². The van der Waals surface area contributed by atoms with Gasteiger partial charge in [-0.3, -0.25) is 5.32 Å². The molecule has 0 atom stereocenters. The Labute approximate surface area is 120 Å². The van der Waals surface area contributed by atoms with Gasteiger partial charge in [0.05, 0.1) is 10.7 Å². The third-order valence-corrected chi connectivity index (χ3v) is 1.87. The molecule has 0 saturated carbocycles. The van der Waals surface area contributed by atoms with E-state index in [1.54, 1.807) is 6.19 Å². The molecule has 0 fully saturated rings. The Morgan fingerprint density at radius 2 is 2.27 bits per heavy atom. The molecule has 0 heterocycles. The van der Waals surface area contributed by atoms with Crippen LogP contribution in [-0.2, 0) is 0 Å². The molecule has 3 nitrogen and oxygen atoms in total. The van der Waals surface area contributed by atoms with Crippen molar-refractivity contribution >= 4 is 34.6 Å². The van der Waals surface area contributed by atoms with Crippen molar-refractivity contribution in [1.29, 1.82) is 5.26 Å². The number of nitriles is 1. The van der Waals surface area contributed by atoms with Gasteiger partial charge in [0, 0.05) is 0 Å². The number of rotatable bonds is 1. The van der Waals surface area contributed by atoms with Crippen LogP contribution in [0.3, 0.4) is 0 Å². The number of halogens is 2. The smallest absolute Gasteiger partial charge is 1.00 e. The summed E-state index contributed by atoms with van der Waals surface area (Å²) in [6, 6.07) is 3.82. The van der Waals surface area contributed by atoms with Gasteiger partial charge in [0.15, 0.2) is 11.3 Å². The summed E-state index contributed by atoms with van der Waals surface area (Å²) in [6.45, 7) is 0. The number of anilines is 1. The molecule has 0 radical (unpaired) electrons. The molecule has 0 aromatic heterocycles. The van der Waals surface area contributed by atoms with Gasteiger partial charge in [0.1, 0.15) is 5.82 Å². The average molecular weight is 254 g/mol. The number of thiocarbonyl (C=S) groups is 1. The first-order chi connectivity index (χ1) is 6.63. The van der Waals surface area contributed by atoms with Gasteiger partial charge in [-0.15, -0.1) is 0 Å². The third kappa shape index (κ3) is 4.78. The third-order valence-electron chi connectivity index (χ3n) is 1.35. The summed E-state index contributed by atoms with van der Waals surface area (Å²) in [6.07, 6.45) is 1.65. The Bertz CT molecular complexity index is 413. The van der Waals surface area contributed by atoms with E-state index in [-0.39, 0.29) is 41.1 Å². The first-order valence-corrected chi connectivity index (χ1v) is 4.33. The normalized spacial score (nSPS) is 8.33. The molecule has 7 heteroatoms. The van der Waals surface area contributed by atoms with E-state index in [0.29, 0.717) is 5.69 Å². The van der Waals surface area contributed by atoms with E-state index >= 15 is 0 Å². The molecule has 2 N–H and O–H groups in total. The van der Waals surface area contributed by atoms with Crippen LogP contribution in [0.4, 0.5) is 10.1 Å². The minimum atomic E-state index is -0.431.